The number of aromatic nitrogens is 1. The molecule has 15 heavy (non-hydrogen) atoms. The molecule has 1 fully saturated rings. The summed E-state index contributed by atoms with van der Waals surface area (Å²) in [5, 5.41) is 0. The number of hydrogen-bond acceptors (Lipinski definition) is 4. The summed E-state index contributed by atoms with van der Waals surface area (Å²) in [5.74, 6) is 2.09. The maximum Gasteiger partial charge on any atom is 0.195 e. The summed E-state index contributed by atoms with van der Waals surface area (Å²) in [6.45, 7) is 3.55. The van der Waals surface area contributed by atoms with Crippen molar-refractivity contribution in [3.8, 4) is 0 Å². The van der Waals surface area contributed by atoms with Crippen molar-refractivity contribution in [3.05, 3.63) is 17.8 Å². The van der Waals surface area contributed by atoms with Gasteiger partial charge < -0.3 is 14.9 Å². The quantitative estimate of drug-likeness (QED) is 0.817. The van der Waals surface area contributed by atoms with Crippen LogP contribution in [-0.4, -0.2) is 24.2 Å². The molecule has 1 aromatic rings. The lowest BCUT2D eigenvalue weighted by molar-refractivity contribution is 0.0971. The van der Waals surface area contributed by atoms with Gasteiger partial charge in [0.1, 0.15) is 5.76 Å². The zero-order valence-electron chi connectivity index (χ0n) is 9.11. The SMILES string of the molecule is CCC1OCCC1c1cnc(CCN)o1. The maximum atomic E-state index is 5.67. The van der Waals surface area contributed by atoms with E-state index in [1.807, 2.05) is 6.20 Å². The van der Waals surface area contributed by atoms with Crippen LogP contribution in [0.4, 0.5) is 0 Å². The molecule has 0 amide bonds. The molecular weight excluding hydrogens is 192 g/mol. The zero-order chi connectivity index (χ0) is 10.7. The largest absolute Gasteiger partial charge is 0.445 e. The second-order valence-electron chi connectivity index (χ2n) is 3.91. The Balaban J connectivity index is 2.07. The van der Waals surface area contributed by atoms with Crippen molar-refractivity contribution in [1.82, 2.24) is 4.98 Å². The highest BCUT2D eigenvalue weighted by Gasteiger charge is 2.30. The van der Waals surface area contributed by atoms with Gasteiger partial charge in [0.2, 0.25) is 0 Å². The standard InChI is InChI=1S/C11H18N2O2/c1-2-9-8(4-6-14-9)10-7-13-11(15-10)3-5-12/h7-9H,2-6,12H2,1H3. The van der Waals surface area contributed by atoms with Crippen molar-refractivity contribution in [2.75, 3.05) is 13.2 Å². The fourth-order valence-corrected chi connectivity index (χ4v) is 2.11. The van der Waals surface area contributed by atoms with Gasteiger partial charge in [-0.3, -0.25) is 0 Å². The number of rotatable bonds is 4. The summed E-state index contributed by atoms with van der Waals surface area (Å²) >= 11 is 0. The molecule has 4 heteroatoms. The molecule has 2 atom stereocenters. The highest BCUT2D eigenvalue weighted by Crippen LogP contribution is 2.33. The molecule has 2 heterocycles. The Kier molecular flexibility index (Phi) is 3.38. The Bertz CT molecular complexity index is 311. The van der Waals surface area contributed by atoms with Crippen LogP contribution in [0.15, 0.2) is 10.6 Å². The Morgan fingerprint density at radius 1 is 1.60 bits per heavy atom. The van der Waals surface area contributed by atoms with Crippen molar-refractivity contribution in [3.63, 3.8) is 0 Å². The molecule has 0 bridgehead atoms. The van der Waals surface area contributed by atoms with E-state index in [0.29, 0.717) is 25.0 Å². The van der Waals surface area contributed by atoms with Gasteiger partial charge in [-0.05, 0) is 12.8 Å². The minimum Gasteiger partial charge on any atom is -0.445 e. The van der Waals surface area contributed by atoms with Crippen LogP contribution in [0.3, 0.4) is 0 Å². The van der Waals surface area contributed by atoms with E-state index >= 15 is 0 Å². The Morgan fingerprint density at radius 2 is 2.47 bits per heavy atom. The average molecular weight is 210 g/mol. The molecule has 0 saturated carbocycles. The molecule has 1 aliphatic heterocycles. The third-order valence-electron chi connectivity index (χ3n) is 2.91. The minimum atomic E-state index is 0.295. The summed E-state index contributed by atoms with van der Waals surface area (Å²) in [6, 6.07) is 0. The lowest BCUT2D eigenvalue weighted by Gasteiger charge is -2.13. The Hall–Kier alpha value is -0.870. The molecule has 0 aliphatic carbocycles. The molecule has 1 aromatic heterocycles. The molecule has 2 unspecified atom stereocenters. The van der Waals surface area contributed by atoms with E-state index in [2.05, 4.69) is 11.9 Å². The maximum absolute atomic E-state index is 5.67. The molecule has 0 aromatic carbocycles. The van der Waals surface area contributed by atoms with E-state index in [1.54, 1.807) is 0 Å². The van der Waals surface area contributed by atoms with Crippen molar-refractivity contribution < 1.29 is 9.15 Å². The second-order valence-corrected chi connectivity index (χ2v) is 3.91. The number of hydrogen-bond donors (Lipinski definition) is 1. The number of nitrogens with zero attached hydrogens (tertiary/aromatic N) is 1. The van der Waals surface area contributed by atoms with E-state index in [0.717, 1.165) is 31.1 Å². The molecule has 0 radical (unpaired) electrons. The van der Waals surface area contributed by atoms with Crippen LogP contribution >= 0.6 is 0 Å². The number of ether oxygens (including phenoxy) is 1. The lowest BCUT2D eigenvalue weighted by atomic mass is 9.97. The van der Waals surface area contributed by atoms with E-state index in [1.165, 1.54) is 0 Å². The van der Waals surface area contributed by atoms with Gasteiger partial charge in [-0.15, -0.1) is 0 Å². The average Bonchev–Trinajstić information content (AvgIpc) is 2.84. The fourth-order valence-electron chi connectivity index (χ4n) is 2.11. The summed E-state index contributed by atoms with van der Waals surface area (Å²) < 4.78 is 11.3. The van der Waals surface area contributed by atoms with Gasteiger partial charge >= 0.3 is 0 Å². The predicted molar refractivity (Wildman–Crippen MR) is 56.7 cm³/mol. The molecule has 2 rings (SSSR count). The predicted octanol–water partition coefficient (Wildman–Crippen LogP) is 1.46. The third-order valence-corrected chi connectivity index (χ3v) is 2.91. The van der Waals surface area contributed by atoms with Gasteiger partial charge in [-0.2, -0.15) is 0 Å². The molecule has 2 N–H and O–H groups in total. The van der Waals surface area contributed by atoms with Crippen LogP contribution in [0.5, 0.6) is 0 Å². The van der Waals surface area contributed by atoms with E-state index < -0.39 is 0 Å². The van der Waals surface area contributed by atoms with E-state index in [4.69, 9.17) is 14.9 Å². The van der Waals surface area contributed by atoms with Crippen molar-refractivity contribution in [2.24, 2.45) is 5.73 Å². The van der Waals surface area contributed by atoms with Crippen LogP contribution in [0.2, 0.25) is 0 Å². The smallest absolute Gasteiger partial charge is 0.195 e. The normalized spacial score (nSPS) is 26.0. The van der Waals surface area contributed by atoms with Crippen LogP contribution in [0.1, 0.15) is 37.3 Å². The van der Waals surface area contributed by atoms with E-state index in [-0.39, 0.29) is 0 Å². The van der Waals surface area contributed by atoms with Crippen molar-refractivity contribution in [1.29, 1.82) is 0 Å². The second kappa shape index (κ2) is 4.77. The zero-order valence-corrected chi connectivity index (χ0v) is 9.11. The molecule has 4 nitrogen and oxygen atoms in total. The molecule has 1 saturated heterocycles. The molecule has 84 valence electrons. The Morgan fingerprint density at radius 3 is 3.20 bits per heavy atom. The van der Waals surface area contributed by atoms with Gasteiger partial charge in [0, 0.05) is 25.5 Å². The molecular formula is C11H18N2O2. The van der Waals surface area contributed by atoms with Crippen LogP contribution < -0.4 is 5.73 Å². The van der Waals surface area contributed by atoms with Gasteiger partial charge in [-0.1, -0.05) is 6.92 Å². The minimum absolute atomic E-state index is 0.295. The first kappa shape index (κ1) is 10.6. The monoisotopic (exact) mass is 210 g/mol. The third kappa shape index (κ3) is 2.21. The summed E-state index contributed by atoms with van der Waals surface area (Å²) in [7, 11) is 0. The van der Waals surface area contributed by atoms with Gasteiger partial charge in [0.05, 0.1) is 12.3 Å². The van der Waals surface area contributed by atoms with Gasteiger partial charge in [0.25, 0.3) is 0 Å². The summed E-state index contributed by atoms with van der Waals surface area (Å²) in [6.07, 6.45) is 4.90. The first-order chi connectivity index (χ1) is 7.35. The highest BCUT2D eigenvalue weighted by molar-refractivity contribution is 5.06. The Labute approximate surface area is 89.8 Å². The topological polar surface area (TPSA) is 61.3 Å². The van der Waals surface area contributed by atoms with Crippen LogP contribution in [0, 0.1) is 0 Å². The summed E-state index contributed by atoms with van der Waals surface area (Å²) in [4.78, 5) is 4.22. The molecule has 0 spiro atoms. The van der Waals surface area contributed by atoms with Crippen molar-refractivity contribution in [2.45, 2.75) is 38.2 Å². The van der Waals surface area contributed by atoms with Crippen molar-refractivity contribution >= 4 is 0 Å². The number of nitrogens with two attached hydrogens (primary N) is 1. The number of oxazole rings is 1. The van der Waals surface area contributed by atoms with Crippen LogP contribution in [0.25, 0.3) is 0 Å². The lowest BCUT2D eigenvalue weighted by Crippen LogP contribution is -2.12. The van der Waals surface area contributed by atoms with Gasteiger partial charge in [-0.25, -0.2) is 4.98 Å². The highest BCUT2D eigenvalue weighted by atomic mass is 16.5. The van der Waals surface area contributed by atoms with E-state index in [9.17, 15) is 0 Å². The summed E-state index contributed by atoms with van der Waals surface area (Å²) in [5.41, 5.74) is 5.45. The van der Waals surface area contributed by atoms with Gasteiger partial charge in [0.15, 0.2) is 5.89 Å². The molecule has 1 aliphatic rings. The first-order valence-corrected chi connectivity index (χ1v) is 5.61. The van der Waals surface area contributed by atoms with Crippen LogP contribution in [-0.2, 0) is 11.2 Å². The first-order valence-electron chi connectivity index (χ1n) is 5.61. The fraction of sp³-hybridized carbons (Fsp3) is 0.727.